The highest BCUT2D eigenvalue weighted by Crippen LogP contribution is 2.77. The van der Waals surface area contributed by atoms with Gasteiger partial charge in [-0.25, -0.2) is 4.90 Å². The SMILES string of the molecule is CC1=CC(=O)C2CC(=O)C3C(C)(C2C1)C(O)C12OC(=O)CC3(C)C1(C)CCC13CC(C)CC(CN12)O3. The number of hydrogen-bond donors (Lipinski definition) is 1. The minimum Gasteiger partial charge on any atom is -0.440 e. The van der Waals surface area contributed by atoms with Crippen molar-refractivity contribution in [2.75, 3.05) is 6.54 Å². The van der Waals surface area contributed by atoms with Crippen LogP contribution >= 0.6 is 0 Å². The molecule has 2 saturated carbocycles. The van der Waals surface area contributed by atoms with Gasteiger partial charge in [0.05, 0.1) is 12.5 Å². The first kappa shape index (κ1) is 23.5. The number of esters is 1. The Kier molecular flexibility index (Phi) is 4.38. The van der Waals surface area contributed by atoms with Gasteiger partial charge in [-0.3, -0.25) is 14.4 Å². The molecular formula is C29H39NO6. The van der Waals surface area contributed by atoms with Crippen molar-refractivity contribution in [2.24, 2.45) is 39.9 Å². The molecule has 0 aromatic carbocycles. The summed E-state index contributed by atoms with van der Waals surface area (Å²) in [5, 5.41) is 12.8. The molecule has 11 unspecified atom stereocenters. The number of aliphatic hydroxyl groups is 1. The van der Waals surface area contributed by atoms with E-state index in [9.17, 15) is 19.5 Å². The summed E-state index contributed by atoms with van der Waals surface area (Å²) in [5.41, 5.74) is -3.09. The molecule has 4 bridgehead atoms. The predicted molar refractivity (Wildman–Crippen MR) is 129 cm³/mol. The lowest BCUT2D eigenvalue weighted by atomic mass is 9.33. The number of ether oxygens (including phenoxy) is 2. The van der Waals surface area contributed by atoms with E-state index in [2.05, 4.69) is 25.7 Å². The van der Waals surface area contributed by atoms with Crippen LogP contribution in [-0.2, 0) is 23.9 Å². The average molecular weight is 498 g/mol. The first-order chi connectivity index (χ1) is 16.8. The molecule has 4 aliphatic heterocycles. The van der Waals surface area contributed by atoms with Gasteiger partial charge in [0.15, 0.2) is 5.78 Å². The summed E-state index contributed by atoms with van der Waals surface area (Å²) in [6.07, 6.45) is 4.96. The number of fused-ring (bicyclic) bond motifs is 5. The molecule has 3 aliphatic carbocycles. The van der Waals surface area contributed by atoms with Gasteiger partial charge in [0, 0.05) is 35.6 Å². The van der Waals surface area contributed by atoms with Crippen LogP contribution in [0.15, 0.2) is 11.6 Å². The maximum Gasteiger partial charge on any atom is 0.308 e. The Morgan fingerprint density at radius 2 is 1.86 bits per heavy atom. The van der Waals surface area contributed by atoms with E-state index in [4.69, 9.17) is 9.47 Å². The highest BCUT2D eigenvalue weighted by Gasteiger charge is 2.85. The maximum absolute atomic E-state index is 14.1. The third-order valence-electron chi connectivity index (χ3n) is 12.4. The number of ketones is 2. The number of carbonyl (C=O) groups excluding carboxylic acids is 3. The Hall–Kier alpha value is -1.57. The quantitative estimate of drug-likeness (QED) is 0.513. The summed E-state index contributed by atoms with van der Waals surface area (Å²) < 4.78 is 13.2. The summed E-state index contributed by atoms with van der Waals surface area (Å²) in [5.74, 6) is -0.953. The Morgan fingerprint density at radius 1 is 1.11 bits per heavy atom. The standard InChI is InChI=1S/C29H39NO6/c1-15-9-19-18(20(31)10-15)11-21(32)23-25(3)13-22(33)36-29(24(34)27(19,23)5)26(25,4)6-7-28-12-16(2)8-17(35-28)14-30(28)29/h10,16-19,23-24,34H,6-9,11-14H2,1-5H3. The van der Waals surface area contributed by atoms with Gasteiger partial charge in [-0.05, 0) is 62.4 Å². The number of nitrogens with zero attached hydrogens (tertiary/aromatic N) is 1. The Labute approximate surface area is 212 Å². The fourth-order valence-electron chi connectivity index (χ4n) is 11.0. The molecule has 1 N–H and O–H groups in total. The number of hydrogen-bond acceptors (Lipinski definition) is 7. The van der Waals surface area contributed by atoms with Gasteiger partial charge >= 0.3 is 5.97 Å². The summed E-state index contributed by atoms with van der Waals surface area (Å²) in [7, 11) is 0. The molecule has 4 saturated heterocycles. The number of piperidine rings is 1. The van der Waals surface area contributed by atoms with Crippen molar-refractivity contribution >= 4 is 17.5 Å². The van der Waals surface area contributed by atoms with E-state index < -0.39 is 45.6 Å². The minimum atomic E-state index is -1.29. The Bertz CT molecular complexity index is 1130. The zero-order chi connectivity index (χ0) is 25.6. The molecule has 196 valence electrons. The monoisotopic (exact) mass is 497 g/mol. The topological polar surface area (TPSA) is 93.1 Å². The van der Waals surface area contributed by atoms with Crippen LogP contribution in [0.4, 0.5) is 0 Å². The summed E-state index contributed by atoms with van der Waals surface area (Å²) >= 11 is 0. The average Bonchev–Trinajstić information content (AvgIpc) is 3.06. The van der Waals surface area contributed by atoms with Gasteiger partial charge in [-0.15, -0.1) is 0 Å². The minimum absolute atomic E-state index is 0.00332. The maximum atomic E-state index is 14.1. The first-order valence-corrected chi connectivity index (χ1v) is 13.9. The molecule has 7 aliphatic rings. The van der Waals surface area contributed by atoms with Gasteiger partial charge < -0.3 is 14.6 Å². The molecule has 0 amide bonds. The van der Waals surface area contributed by atoms with E-state index >= 15 is 0 Å². The fourth-order valence-corrected chi connectivity index (χ4v) is 11.0. The molecule has 7 heteroatoms. The largest absolute Gasteiger partial charge is 0.440 e. The van der Waals surface area contributed by atoms with Crippen LogP contribution in [0.5, 0.6) is 0 Å². The molecule has 0 aromatic rings. The van der Waals surface area contributed by atoms with Crippen LogP contribution in [-0.4, -0.2) is 57.7 Å². The van der Waals surface area contributed by atoms with Crippen molar-refractivity contribution in [2.45, 2.75) is 103 Å². The number of carbonyl (C=O) groups is 3. The molecule has 1 spiro atoms. The predicted octanol–water partition coefficient (Wildman–Crippen LogP) is 3.38. The smallest absolute Gasteiger partial charge is 0.308 e. The molecule has 7 nitrogen and oxygen atoms in total. The van der Waals surface area contributed by atoms with Crippen molar-refractivity contribution in [3.8, 4) is 0 Å². The third-order valence-corrected chi connectivity index (χ3v) is 12.4. The van der Waals surface area contributed by atoms with Crippen molar-refractivity contribution in [3.63, 3.8) is 0 Å². The van der Waals surface area contributed by atoms with Crippen molar-refractivity contribution in [1.82, 2.24) is 4.90 Å². The van der Waals surface area contributed by atoms with Crippen molar-refractivity contribution < 1.29 is 29.0 Å². The summed E-state index contributed by atoms with van der Waals surface area (Å²) in [4.78, 5) is 42.9. The van der Waals surface area contributed by atoms with Crippen LogP contribution in [0, 0.1) is 39.9 Å². The van der Waals surface area contributed by atoms with Crippen LogP contribution in [0.3, 0.4) is 0 Å². The summed E-state index contributed by atoms with van der Waals surface area (Å²) in [6, 6.07) is 0. The zero-order valence-corrected chi connectivity index (χ0v) is 22.1. The molecule has 0 radical (unpaired) electrons. The molecule has 36 heavy (non-hydrogen) atoms. The molecule has 7 rings (SSSR count). The van der Waals surface area contributed by atoms with E-state index in [-0.39, 0.29) is 42.4 Å². The Balaban J connectivity index is 1.48. The molecule has 6 fully saturated rings. The lowest BCUT2D eigenvalue weighted by Crippen LogP contribution is -2.87. The van der Waals surface area contributed by atoms with Gasteiger partial charge in [-0.2, -0.15) is 0 Å². The second-order valence-electron chi connectivity index (χ2n) is 14.1. The third kappa shape index (κ3) is 2.32. The number of Topliss-reactive ketones (excluding diaryl/α,β-unsaturated/α-hetero) is 1. The van der Waals surface area contributed by atoms with Crippen molar-refractivity contribution in [1.29, 1.82) is 0 Å². The van der Waals surface area contributed by atoms with Crippen LogP contribution in [0.2, 0.25) is 0 Å². The van der Waals surface area contributed by atoms with Crippen LogP contribution in [0.1, 0.15) is 79.6 Å². The normalized spacial score (nSPS) is 57.7. The highest BCUT2D eigenvalue weighted by atomic mass is 16.6. The van der Waals surface area contributed by atoms with E-state index in [1.807, 2.05) is 13.8 Å². The number of rotatable bonds is 0. The lowest BCUT2D eigenvalue weighted by Gasteiger charge is -2.77. The van der Waals surface area contributed by atoms with E-state index in [1.165, 1.54) is 0 Å². The molecule has 0 aromatic heterocycles. The Morgan fingerprint density at radius 3 is 2.61 bits per heavy atom. The lowest BCUT2D eigenvalue weighted by molar-refractivity contribution is -0.411. The van der Waals surface area contributed by atoms with E-state index in [0.717, 1.165) is 31.3 Å². The fraction of sp³-hybridized carbons (Fsp3) is 0.828. The highest BCUT2D eigenvalue weighted by molar-refractivity contribution is 5.99. The second-order valence-corrected chi connectivity index (χ2v) is 14.1. The first-order valence-electron chi connectivity index (χ1n) is 13.9. The van der Waals surface area contributed by atoms with Gasteiger partial charge in [0.1, 0.15) is 17.6 Å². The van der Waals surface area contributed by atoms with Crippen LogP contribution < -0.4 is 0 Å². The zero-order valence-electron chi connectivity index (χ0n) is 22.1. The molecule has 4 heterocycles. The van der Waals surface area contributed by atoms with Crippen molar-refractivity contribution in [3.05, 3.63) is 11.6 Å². The number of allylic oxidation sites excluding steroid dienone is 2. The van der Waals surface area contributed by atoms with Gasteiger partial charge in [0.2, 0.25) is 5.72 Å². The van der Waals surface area contributed by atoms with E-state index in [0.29, 0.717) is 18.9 Å². The molecular weight excluding hydrogens is 458 g/mol. The molecule has 11 atom stereocenters. The van der Waals surface area contributed by atoms with Crippen LogP contribution in [0.25, 0.3) is 0 Å². The number of aliphatic hydroxyl groups excluding tert-OH is 1. The van der Waals surface area contributed by atoms with Gasteiger partial charge in [0.25, 0.3) is 0 Å². The second kappa shape index (κ2) is 6.70. The van der Waals surface area contributed by atoms with E-state index in [1.54, 1.807) is 6.08 Å². The van der Waals surface area contributed by atoms with Gasteiger partial charge in [-0.1, -0.05) is 33.3 Å². The summed E-state index contributed by atoms with van der Waals surface area (Å²) in [6.45, 7) is 11.1.